The van der Waals surface area contributed by atoms with E-state index in [0.29, 0.717) is 26.1 Å². The van der Waals surface area contributed by atoms with Gasteiger partial charge in [-0.25, -0.2) is 0 Å². The van der Waals surface area contributed by atoms with Crippen LogP contribution in [0.4, 0.5) is 0 Å². The first kappa shape index (κ1) is 14.6. The van der Waals surface area contributed by atoms with E-state index in [1.165, 1.54) is 0 Å². The van der Waals surface area contributed by atoms with Crippen molar-refractivity contribution in [3.05, 3.63) is 18.0 Å². The lowest BCUT2D eigenvalue weighted by Gasteiger charge is -2.38. The van der Waals surface area contributed by atoms with Gasteiger partial charge in [-0.3, -0.25) is 14.7 Å². The van der Waals surface area contributed by atoms with Crippen molar-refractivity contribution < 1.29 is 9.59 Å². The molecule has 0 aromatic carbocycles. The van der Waals surface area contributed by atoms with Gasteiger partial charge in [-0.05, 0) is 32.3 Å². The third-order valence-corrected chi connectivity index (χ3v) is 3.86. The number of likely N-dealkylation sites (N-methyl/N-ethyl adjacent to an activating group) is 1. The quantitative estimate of drug-likeness (QED) is 0.866. The third kappa shape index (κ3) is 3.18. The molecule has 1 aliphatic heterocycles. The van der Waals surface area contributed by atoms with Crippen molar-refractivity contribution >= 4 is 11.8 Å². The van der Waals surface area contributed by atoms with Gasteiger partial charge in [-0.15, -0.1) is 0 Å². The first-order chi connectivity index (χ1) is 9.63. The predicted molar refractivity (Wildman–Crippen MR) is 75.0 cm³/mol. The first-order valence-corrected chi connectivity index (χ1v) is 7.19. The van der Waals surface area contributed by atoms with Crippen LogP contribution in [0.25, 0.3) is 0 Å². The van der Waals surface area contributed by atoms with Crippen molar-refractivity contribution in [1.29, 1.82) is 0 Å². The van der Waals surface area contributed by atoms with Crippen LogP contribution in [-0.4, -0.2) is 57.5 Å². The summed E-state index contributed by atoms with van der Waals surface area (Å²) in [5.74, 6) is 0.132. The second-order valence-electron chi connectivity index (χ2n) is 5.14. The van der Waals surface area contributed by atoms with E-state index in [9.17, 15) is 9.59 Å². The molecule has 1 atom stereocenters. The number of nitrogens with one attached hydrogen (secondary N) is 1. The van der Waals surface area contributed by atoms with Crippen LogP contribution in [0.5, 0.6) is 0 Å². The summed E-state index contributed by atoms with van der Waals surface area (Å²) in [5.41, 5.74) is 1.11. The predicted octanol–water partition coefficient (Wildman–Crippen LogP) is 0.812. The number of amides is 2. The maximum absolute atomic E-state index is 12.2. The number of piperazine rings is 1. The molecule has 0 aliphatic carbocycles. The zero-order chi connectivity index (χ0) is 14.5. The highest BCUT2D eigenvalue weighted by Crippen LogP contribution is 2.14. The third-order valence-electron chi connectivity index (χ3n) is 3.86. The number of aromatic amines is 1. The minimum absolute atomic E-state index is 0.0573. The van der Waals surface area contributed by atoms with Gasteiger partial charge in [-0.1, -0.05) is 0 Å². The van der Waals surface area contributed by atoms with Gasteiger partial charge in [0.15, 0.2) is 0 Å². The lowest BCUT2D eigenvalue weighted by molar-refractivity contribution is -0.150. The molecule has 6 heteroatoms. The van der Waals surface area contributed by atoms with Gasteiger partial charge >= 0.3 is 0 Å². The van der Waals surface area contributed by atoms with Crippen molar-refractivity contribution in [3.63, 3.8) is 0 Å². The lowest BCUT2D eigenvalue weighted by Crippen LogP contribution is -2.57. The summed E-state index contributed by atoms with van der Waals surface area (Å²) in [6.45, 7) is 5.79. The second-order valence-corrected chi connectivity index (χ2v) is 5.14. The Hall–Kier alpha value is -1.85. The molecular weight excluding hydrogens is 256 g/mol. The van der Waals surface area contributed by atoms with E-state index in [1.807, 2.05) is 20.0 Å². The van der Waals surface area contributed by atoms with Gasteiger partial charge in [-0.2, -0.15) is 5.10 Å². The number of aromatic nitrogens is 2. The molecule has 1 fully saturated rings. The Morgan fingerprint density at radius 3 is 2.95 bits per heavy atom. The highest BCUT2D eigenvalue weighted by Gasteiger charge is 2.32. The number of hydrogen-bond acceptors (Lipinski definition) is 3. The number of H-pyrrole nitrogens is 1. The molecular formula is C14H22N4O2. The summed E-state index contributed by atoms with van der Waals surface area (Å²) in [5, 5.41) is 6.64. The summed E-state index contributed by atoms with van der Waals surface area (Å²) >= 11 is 0. The smallest absolute Gasteiger partial charge is 0.245 e. The molecule has 1 N–H and O–H groups in total. The van der Waals surface area contributed by atoms with Crippen LogP contribution in [0, 0.1) is 0 Å². The van der Waals surface area contributed by atoms with Gasteiger partial charge in [0.05, 0.1) is 6.20 Å². The fourth-order valence-electron chi connectivity index (χ4n) is 2.59. The average Bonchev–Trinajstić information content (AvgIpc) is 2.95. The Balaban J connectivity index is 1.82. The van der Waals surface area contributed by atoms with Crippen molar-refractivity contribution in [1.82, 2.24) is 20.0 Å². The molecule has 1 aliphatic rings. The number of carbonyl (C=O) groups excluding carboxylic acids is 2. The molecule has 20 heavy (non-hydrogen) atoms. The van der Waals surface area contributed by atoms with Crippen LogP contribution < -0.4 is 0 Å². The van der Waals surface area contributed by atoms with Crippen molar-refractivity contribution in [2.24, 2.45) is 0 Å². The molecule has 2 amide bonds. The van der Waals surface area contributed by atoms with Gasteiger partial charge in [0.2, 0.25) is 11.8 Å². The van der Waals surface area contributed by atoms with Crippen molar-refractivity contribution in [2.45, 2.75) is 39.2 Å². The van der Waals surface area contributed by atoms with Crippen LogP contribution in [-0.2, 0) is 16.0 Å². The topological polar surface area (TPSA) is 69.3 Å². The minimum atomic E-state index is -0.329. The molecule has 0 spiro atoms. The second kappa shape index (κ2) is 6.54. The standard InChI is InChI=1S/C14H22N4O2/c1-3-17-7-8-18(11(2)14(17)20)13(19)6-4-5-12-9-15-16-10-12/h9-11H,3-8H2,1-2H3,(H,15,16). The van der Waals surface area contributed by atoms with Crippen LogP contribution in [0.2, 0.25) is 0 Å². The Kier molecular flexibility index (Phi) is 4.76. The van der Waals surface area contributed by atoms with E-state index in [4.69, 9.17) is 0 Å². The fourth-order valence-corrected chi connectivity index (χ4v) is 2.59. The number of rotatable bonds is 5. The normalized spacial score (nSPS) is 19.5. The summed E-state index contributed by atoms with van der Waals surface area (Å²) < 4.78 is 0. The molecule has 1 saturated heterocycles. The zero-order valence-corrected chi connectivity index (χ0v) is 12.1. The van der Waals surface area contributed by atoms with Crippen molar-refractivity contribution in [3.8, 4) is 0 Å². The molecule has 110 valence electrons. The van der Waals surface area contributed by atoms with Crippen LogP contribution in [0.1, 0.15) is 32.3 Å². The minimum Gasteiger partial charge on any atom is -0.339 e. The highest BCUT2D eigenvalue weighted by molar-refractivity contribution is 5.88. The zero-order valence-electron chi connectivity index (χ0n) is 12.1. The van der Waals surface area contributed by atoms with Crippen molar-refractivity contribution in [2.75, 3.05) is 19.6 Å². The highest BCUT2D eigenvalue weighted by atomic mass is 16.2. The Morgan fingerprint density at radius 1 is 1.50 bits per heavy atom. The largest absolute Gasteiger partial charge is 0.339 e. The van der Waals surface area contributed by atoms with Crippen LogP contribution in [0.3, 0.4) is 0 Å². The van der Waals surface area contributed by atoms with E-state index in [0.717, 1.165) is 18.4 Å². The summed E-state index contributed by atoms with van der Waals surface area (Å²) in [6, 6.07) is -0.329. The summed E-state index contributed by atoms with van der Waals surface area (Å²) in [4.78, 5) is 27.8. The maximum atomic E-state index is 12.2. The van der Waals surface area contributed by atoms with Crippen LogP contribution in [0.15, 0.2) is 12.4 Å². The summed E-state index contributed by atoms with van der Waals surface area (Å²) in [7, 11) is 0. The molecule has 2 rings (SSSR count). The van der Waals surface area contributed by atoms with Crippen LogP contribution >= 0.6 is 0 Å². The van der Waals surface area contributed by atoms with E-state index in [-0.39, 0.29) is 17.9 Å². The van der Waals surface area contributed by atoms with Gasteiger partial charge < -0.3 is 9.80 Å². The number of carbonyl (C=O) groups is 2. The molecule has 1 aromatic heterocycles. The molecule has 0 radical (unpaired) electrons. The van der Waals surface area contributed by atoms with E-state index in [2.05, 4.69) is 10.2 Å². The maximum Gasteiger partial charge on any atom is 0.245 e. The Labute approximate surface area is 119 Å². The Morgan fingerprint density at radius 2 is 2.30 bits per heavy atom. The average molecular weight is 278 g/mol. The SMILES string of the molecule is CCN1CCN(C(=O)CCCc2cn[nH]c2)C(C)C1=O. The summed E-state index contributed by atoms with van der Waals surface area (Å²) in [6.07, 6.45) is 5.72. The van der Waals surface area contributed by atoms with Gasteiger partial charge in [0, 0.05) is 32.3 Å². The molecule has 0 saturated carbocycles. The number of nitrogens with zero attached hydrogens (tertiary/aromatic N) is 3. The van der Waals surface area contributed by atoms with E-state index in [1.54, 1.807) is 16.0 Å². The molecule has 1 unspecified atom stereocenters. The molecule has 1 aromatic rings. The first-order valence-electron chi connectivity index (χ1n) is 7.19. The number of hydrogen-bond donors (Lipinski definition) is 1. The monoisotopic (exact) mass is 278 g/mol. The van der Waals surface area contributed by atoms with Gasteiger partial charge in [0.1, 0.15) is 6.04 Å². The molecule has 6 nitrogen and oxygen atoms in total. The molecule has 0 bridgehead atoms. The van der Waals surface area contributed by atoms with Gasteiger partial charge in [0.25, 0.3) is 0 Å². The van der Waals surface area contributed by atoms with E-state index < -0.39 is 0 Å². The van der Waals surface area contributed by atoms with E-state index >= 15 is 0 Å². The fraction of sp³-hybridized carbons (Fsp3) is 0.643. The Bertz CT molecular complexity index is 458. The molecule has 2 heterocycles. The number of aryl methyl sites for hydroxylation is 1. The lowest BCUT2D eigenvalue weighted by atomic mass is 10.1.